The number of likely N-dealkylation sites (N-methyl/N-ethyl adjacent to an activating group) is 1. The summed E-state index contributed by atoms with van der Waals surface area (Å²) in [5, 5.41) is 12.4. The van der Waals surface area contributed by atoms with Crippen LogP contribution in [0.5, 0.6) is 0 Å². The lowest BCUT2D eigenvalue weighted by Gasteiger charge is -2.44. The molecule has 34 heavy (non-hydrogen) atoms. The molecule has 180 valence electrons. The molecule has 1 aliphatic carbocycles. The zero-order valence-corrected chi connectivity index (χ0v) is 20.2. The third-order valence-electron chi connectivity index (χ3n) is 7.22. The van der Waals surface area contributed by atoms with E-state index >= 15 is 0 Å². The summed E-state index contributed by atoms with van der Waals surface area (Å²) in [5.74, 6) is -0.487. The second-order valence-corrected chi connectivity index (χ2v) is 9.60. The van der Waals surface area contributed by atoms with Crippen LogP contribution in [-0.2, 0) is 10.3 Å². The van der Waals surface area contributed by atoms with Gasteiger partial charge in [0.05, 0.1) is 4.92 Å². The Morgan fingerprint density at radius 1 is 1.06 bits per heavy atom. The van der Waals surface area contributed by atoms with E-state index in [2.05, 4.69) is 0 Å². The van der Waals surface area contributed by atoms with Gasteiger partial charge in [-0.2, -0.15) is 0 Å². The highest BCUT2D eigenvalue weighted by atomic mass is 35.5. The summed E-state index contributed by atoms with van der Waals surface area (Å²) in [6.07, 6.45) is 6.58. The van der Waals surface area contributed by atoms with E-state index in [-0.39, 0.29) is 17.0 Å². The fourth-order valence-corrected chi connectivity index (χ4v) is 5.67. The SMILES string of the molecule is CN(C(=O)c1ccc(N2CCCCCC2)c([N+](=O)[O-])c1)[C@@]1(c2ccccc2Cl)CCCCC1=O. The van der Waals surface area contributed by atoms with E-state index in [4.69, 9.17) is 11.6 Å². The van der Waals surface area contributed by atoms with Crippen LogP contribution in [0.1, 0.15) is 67.3 Å². The molecule has 1 amide bonds. The topological polar surface area (TPSA) is 83.8 Å². The van der Waals surface area contributed by atoms with Crippen molar-refractivity contribution >= 4 is 34.7 Å². The van der Waals surface area contributed by atoms with Gasteiger partial charge in [-0.05, 0) is 50.3 Å². The van der Waals surface area contributed by atoms with Crippen molar-refractivity contribution in [2.45, 2.75) is 56.9 Å². The first kappa shape index (κ1) is 24.2. The van der Waals surface area contributed by atoms with E-state index in [1.807, 2.05) is 11.0 Å². The van der Waals surface area contributed by atoms with Crippen LogP contribution in [0, 0.1) is 10.1 Å². The largest absolute Gasteiger partial charge is 0.366 e. The molecule has 0 N–H and O–H groups in total. The number of nitro benzene ring substituents is 1. The number of anilines is 1. The molecule has 0 bridgehead atoms. The van der Waals surface area contributed by atoms with Crippen LogP contribution in [0.15, 0.2) is 42.5 Å². The number of amides is 1. The van der Waals surface area contributed by atoms with Gasteiger partial charge >= 0.3 is 0 Å². The van der Waals surface area contributed by atoms with E-state index in [0.29, 0.717) is 29.1 Å². The number of carbonyl (C=O) groups excluding carboxylic acids is 2. The molecule has 1 atom stereocenters. The van der Waals surface area contributed by atoms with Gasteiger partial charge in [0.25, 0.3) is 11.6 Å². The molecular formula is C26H30ClN3O4. The summed E-state index contributed by atoms with van der Waals surface area (Å²) in [5.41, 5.74) is 0.0698. The molecule has 2 aromatic carbocycles. The molecule has 1 heterocycles. The van der Waals surface area contributed by atoms with Gasteiger partial charge in [-0.1, -0.05) is 42.6 Å². The molecule has 7 nitrogen and oxygen atoms in total. The monoisotopic (exact) mass is 483 g/mol. The van der Waals surface area contributed by atoms with Crippen molar-refractivity contribution in [3.8, 4) is 0 Å². The van der Waals surface area contributed by atoms with E-state index in [1.54, 1.807) is 37.4 Å². The first-order valence-electron chi connectivity index (χ1n) is 12.0. The minimum atomic E-state index is -1.19. The first-order valence-corrected chi connectivity index (χ1v) is 12.3. The van der Waals surface area contributed by atoms with E-state index in [1.165, 1.54) is 11.0 Å². The van der Waals surface area contributed by atoms with Gasteiger partial charge in [0, 0.05) is 48.8 Å². The van der Waals surface area contributed by atoms with Crippen LogP contribution in [0.3, 0.4) is 0 Å². The highest BCUT2D eigenvalue weighted by Gasteiger charge is 2.48. The fourth-order valence-electron chi connectivity index (χ4n) is 5.38. The molecule has 2 fully saturated rings. The zero-order chi connectivity index (χ0) is 24.3. The maximum Gasteiger partial charge on any atom is 0.293 e. The van der Waals surface area contributed by atoms with Crippen LogP contribution >= 0.6 is 11.6 Å². The van der Waals surface area contributed by atoms with Crippen molar-refractivity contribution in [1.29, 1.82) is 0 Å². The predicted octanol–water partition coefficient (Wildman–Crippen LogP) is 5.74. The lowest BCUT2D eigenvalue weighted by molar-refractivity contribution is -0.384. The van der Waals surface area contributed by atoms with Crippen LogP contribution in [0.4, 0.5) is 11.4 Å². The quantitative estimate of drug-likeness (QED) is 0.400. The molecule has 1 saturated carbocycles. The summed E-state index contributed by atoms with van der Waals surface area (Å²) < 4.78 is 0. The van der Waals surface area contributed by atoms with Crippen molar-refractivity contribution in [3.63, 3.8) is 0 Å². The number of halogens is 1. The highest BCUT2D eigenvalue weighted by Crippen LogP contribution is 2.43. The number of ketones is 1. The van der Waals surface area contributed by atoms with Crippen molar-refractivity contribution in [3.05, 3.63) is 68.7 Å². The molecule has 2 aliphatic rings. The Morgan fingerprint density at radius 2 is 1.76 bits per heavy atom. The molecule has 2 aromatic rings. The minimum Gasteiger partial charge on any atom is -0.366 e. The normalized spacial score (nSPS) is 21.1. The number of carbonyl (C=O) groups is 2. The van der Waals surface area contributed by atoms with Gasteiger partial charge in [0.15, 0.2) is 5.78 Å². The second kappa shape index (κ2) is 10.1. The van der Waals surface area contributed by atoms with Gasteiger partial charge in [0.1, 0.15) is 11.2 Å². The molecule has 1 saturated heterocycles. The number of Topliss-reactive ketones (excluding diaryl/α,β-unsaturated/α-hetero) is 1. The third kappa shape index (κ3) is 4.41. The molecule has 0 spiro atoms. The Balaban J connectivity index is 1.73. The van der Waals surface area contributed by atoms with Crippen molar-refractivity contribution < 1.29 is 14.5 Å². The third-order valence-corrected chi connectivity index (χ3v) is 7.55. The zero-order valence-electron chi connectivity index (χ0n) is 19.5. The number of hydrogen-bond acceptors (Lipinski definition) is 5. The molecule has 1 aliphatic heterocycles. The number of nitrogens with zero attached hydrogens (tertiary/aromatic N) is 3. The molecule has 0 aromatic heterocycles. The van der Waals surface area contributed by atoms with Crippen molar-refractivity contribution in [1.82, 2.24) is 4.90 Å². The lowest BCUT2D eigenvalue weighted by Crippen LogP contribution is -2.54. The maximum atomic E-state index is 13.7. The predicted molar refractivity (Wildman–Crippen MR) is 132 cm³/mol. The Labute approximate surface area is 204 Å². The Bertz CT molecular complexity index is 1100. The number of rotatable bonds is 5. The van der Waals surface area contributed by atoms with E-state index < -0.39 is 16.4 Å². The molecule has 0 radical (unpaired) electrons. The lowest BCUT2D eigenvalue weighted by atomic mass is 9.74. The summed E-state index contributed by atoms with van der Waals surface area (Å²) in [7, 11) is 1.60. The second-order valence-electron chi connectivity index (χ2n) is 9.20. The summed E-state index contributed by atoms with van der Waals surface area (Å²) in [6, 6.07) is 11.8. The molecular weight excluding hydrogens is 454 g/mol. The van der Waals surface area contributed by atoms with Crippen LogP contribution < -0.4 is 4.90 Å². The average molecular weight is 484 g/mol. The highest BCUT2D eigenvalue weighted by molar-refractivity contribution is 6.31. The average Bonchev–Trinajstić information content (AvgIpc) is 3.13. The van der Waals surface area contributed by atoms with Gasteiger partial charge in [0.2, 0.25) is 0 Å². The minimum absolute atomic E-state index is 0.0570. The Morgan fingerprint density at radius 3 is 2.41 bits per heavy atom. The molecule has 0 unspecified atom stereocenters. The van der Waals surface area contributed by atoms with Gasteiger partial charge in [-0.25, -0.2) is 0 Å². The van der Waals surface area contributed by atoms with Crippen LogP contribution in [0.2, 0.25) is 5.02 Å². The number of nitro groups is 1. The van der Waals surface area contributed by atoms with Crippen molar-refractivity contribution in [2.75, 3.05) is 25.0 Å². The Hall–Kier alpha value is -2.93. The smallest absolute Gasteiger partial charge is 0.293 e. The summed E-state index contributed by atoms with van der Waals surface area (Å²) >= 11 is 6.51. The first-order chi connectivity index (χ1) is 16.4. The van der Waals surface area contributed by atoms with Gasteiger partial charge < -0.3 is 9.80 Å². The van der Waals surface area contributed by atoms with Gasteiger partial charge in [-0.3, -0.25) is 19.7 Å². The van der Waals surface area contributed by atoms with Gasteiger partial charge in [-0.15, -0.1) is 0 Å². The molecule has 4 rings (SSSR count). The Kier molecular flexibility index (Phi) is 7.22. The van der Waals surface area contributed by atoms with Crippen LogP contribution in [-0.4, -0.2) is 41.7 Å². The van der Waals surface area contributed by atoms with Crippen LogP contribution in [0.25, 0.3) is 0 Å². The fraction of sp³-hybridized carbons (Fsp3) is 0.462. The number of benzene rings is 2. The van der Waals surface area contributed by atoms with E-state index in [9.17, 15) is 19.7 Å². The standard InChI is InChI=1S/C26H30ClN3O4/c1-28(26(15-7-6-12-24(26)31)20-10-4-5-11-21(20)27)25(32)19-13-14-22(23(18-19)30(33)34)29-16-8-2-3-9-17-29/h4-5,10-11,13-14,18H,2-3,6-9,12,15-17H2,1H3/t26-/m1/s1. The number of hydrogen-bond donors (Lipinski definition) is 0. The summed E-state index contributed by atoms with van der Waals surface area (Å²) in [4.78, 5) is 42.1. The van der Waals surface area contributed by atoms with Crippen molar-refractivity contribution in [2.24, 2.45) is 0 Å². The molecule has 8 heteroatoms. The van der Waals surface area contributed by atoms with E-state index in [0.717, 1.165) is 51.6 Å². The summed E-state index contributed by atoms with van der Waals surface area (Å²) in [6.45, 7) is 1.52. The maximum absolute atomic E-state index is 13.7.